The van der Waals surface area contributed by atoms with Crippen molar-refractivity contribution in [2.24, 2.45) is 0 Å². The van der Waals surface area contributed by atoms with Gasteiger partial charge in [-0.3, -0.25) is 4.79 Å². The van der Waals surface area contributed by atoms with Gasteiger partial charge in [0.2, 0.25) is 5.91 Å². The Bertz CT molecular complexity index is 668. The zero-order valence-corrected chi connectivity index (χ0v) is 12.4. The Hall–Kier alpha value is -2.35. The van der Waals surface area contributed by atoms with E-state index in [9.17, 15) is 4.79 Å². The van der Waals surface area contributed by atoms with Crippen LogP contribution in [0.2, 0.25) is 0 Å². The molecule has 1 unspecified atom stereocenters. The van der Waals surface area contributed by atoms with E-state index in [0.717, 1.165) is 16.8 Å². The van der Waals surface area contributed by atoms with Crippen molar-refractivity contribution in [3.8, 4) is 0 Å². The van der Waals surface area contributed by atoms with Gasteiger partial charge in [-0.2, -0.15) is 0 Å². The van der Waals surface area contributed by atoms with Crippen LogP contribution in [-0.2, 0) is 4.79 Å². The Kier molecular flexibility index (Phi) is 3.61. The number of amides is 1. The Morgan fingerprint density at radius 1 is 1.00 bits per heavy atom. The largest absolute Gasteiger partial charge is 0.304 e. The summed E-state index contributed by atoms with van der Waals surface area (Å²) >= 11 is 0. The Labute approximate surface area is 125 Å². The van der Waals surface area contributed by atoms with Gasteiger partial charge >= 0.3 is 0 Å². The normalized spacial score (nSPS) is 18.1. The van der Waals surface area contributed by atoms with E-state index in [1.807, 2.05) is 29.2 Å². The van der Waals surface area contributed by atoms with Crippen molar-refractivity contribution < 1.29 is 4.79 Å². The molecule has 0 aliphatic carbocycles. The number of hydrogen-bond donors (Lipinski definition) is 0. The number of rotatable bonds is 3. The van der Waals surface area contributed by atoms with Crippen LogP contribution in [0.5, 0.6) is 0 Å². The third-order valence-corrected chi connectivity index (χ3v) is 3.97. The highest BCUT2D eigenvalue weighted by molar-refractivity contribution is 6.03. The van der Waals surface area contributed by atoms with E-state index in [1.54, 1.807) is 0 Å². The van der Waals surface area contributed by atoms with Crippen molar-refractivity contribution in [3.05, 3.63) is 71.3 Å². The van der Waals surface area contributed by atoms with Gasteiger partial charge in [-0.15, -0.1) is 0 Å². The van der Waals surface area contributed by atoms with Crippen LogP contribution in [0.1, 0.15) is 23.1 Å². The van der Waals surface area contributed by atoms with Crippen LogP contribution < -0.4 is 4.90 Å². The molecule has 21 heavy (non-hydrogen) atoms. The zero-order chi connectivity index (χ0) is 14.8. The molecule has 0 saturated carbocycles. The molecular weight excluding hydrogens is 258 g/mol. The second-order valence-electron chi connectivity index (χ2n) is 5.55. The SMILES string of the molecule is Cc1cccc(C)c1N1C(=O)CC1/C=C/c1ccccc1. The van der Waals surface area contributed by atoms with Crippen LogP contribution in [0.4, 0.5) is 5.69 Å². The molecule has 2 aromatic carbocycles. The molecule has 2 heteroatoms. The van der Waals surface area contributed by atoms with E-state index in [0.29, 0.717) is 6.42 Å². The maximum atomic E-state index is 12.0. The molecule has 1 saturated heterocycles. The number of anilines is 1. The fourth-order valence-corrected chi connectivity index (χ4v) is 2.86. The molecule has 2 aromatic rings. The molecule has 1 aliphatic rings. The quantitative estimate of drug-likeness (QED) is 0.773. The lowest BCUT2D eigenvalue weighted by Gasteiger charge is -2.40. The first-order valence-electron chi connectivity index (χ1n) is 7.28. The number of nitrogens with zero attached hydrogens (tertiary/aromatic N) is 1. The summed E-state index contributed by atoms with van der Waals surface area (Å²) in [6.45, 7) is 4.12. The van der Waals surface area contributed by atoms with Gasteiger partial charge in [0.05, 0.1) is 18.2 Å². The summed E-state index contributed by atoms with van der Waals surface area (Å²) in [6.07, 6.45) is 4.82. The van der Waals surface area contributed by atoms with Crippen LogP contribution in [0.25, 0.3) is 6.08 Å². The van der Waals surface area contributed by atoms with Crippen LogP contribution in [0.3, 0.4) is 0 Å². The summed E-state index contributed by atoms with van der Waals surface area (Å²) in [6, 6.07) is 16.5. The fraction of sp³-hybridized carbons (Fsp3) is 0.211. The fourth-order valence-electron chi connectivity index (χ4n) is 2.86. The number of carbonyl (C=O) groups excluding carboxylic acids is 1. The topological polar surface area (TPSA) is 20.3 Å². The molecule has 0 bridgehead atoms. The summed E-state index contributed by atoms with van der Waals surface area (Å²) in [5, 5.41) is 0. The number of para-hydroxylation sites is 1. The van der Waals surface area contributed by atoms with Crippen molar-refractivity contribution in [3.63, 3.8) is 0 Å². The molecule has 0 spiro atoms. The first kappa shape index (κ1) is 13.6. The smallest absolute Gasteiger partial charge is 0.229 e. The predicted molar refractivity (Wildman–Crippen MR) is 87.3 cm³/mol. The first-order chi connectivity index (χ1) is 10.2. The molecular formula is C19H19NO. The molecule has 3 rings (SSSR count). The van der Waals surface area contributed by atoms with Crippen LogP contribution in [0, 0.1) is 13.8 Å². The summed E-state index contributed by atoms with van der Waals surface area (Å²) in [5.41, 5.74) is 4.54. The van der Waals surface area contributed by atoms with E-state index in [2.05, 4.69) is 50.3 Å². The van der Waals surface area contributed by atoms with Gasteiger partial charge in [0, 0.05) is 0 Å². The Morgan fingerprint density at radius 2 is 1.67 bits per heavy atom. The summed E-state index contributed by atoms with van der Waals surface area (Å²) in [7, 11) is 0. The third-order valence-electron chi connectivity index (χ3n) is 3.97. The second kappa shape index (κ2) is 5.57. The number of aryl methyl sites for hydroxylation is 2. The van der Waals surface area contributed by atoms with Crippen molar-refractivity contribution in [2.45, 2.75) is 26.3 Å². The summed E-state index contributed by atoms with van der Waals surface area (Å²) in [4.78, 5) is 14.0. The van der Waals surface area contributed by atoms with Crippen molar-refractivity contribution in [1.29, 1.82) is 0 Å². The highest BCUT2D eigenvalue weighted by atomic mass is 16.2. The minimum atomic E-state index is 0.164. The maximum Gasteiger partial charge on any atom is 0.229 e. The number of benzene rings is 2. The Morgan fingerprint density at radius 3 is 2.29 bits per heavy atom. The lowest BCUT2D eigenvalue weighted by atomic mass is 9.96. The van der Waals surface area contributed by atoms with Crippen molar-refractivity contribution >= 4 is 17.7 Å². The van der Waals surface area contributed by atoms with Gasteiger partial charge in [-0.05, 0) is 30.5 Å². The zero-order valence-electron chi connectivity index (χ0n) is 12.4. The average molecular weight is 277 g/mol. The van der Waals surface area contributed by atoms with Gasteiger partial charge in [-0.25, -0.2) is 0 Å². The molecule has 1 heterocycles. The minimum absolute atomic E-state index is 0.164. The molecule has 1 atom stereocenters. The summed E-state index contributed by atoms with van der Waals surface area (Å²) in [5.74, 6) is 0.204. The van der Waals surface area contributed by atoms with Gasteiger partial charge < -0.3 is 4.90 Å². The molecule has 0 N–H and O–H groups in total. The predicted octanol–water partition coefficient (Wildman–Crippen LogP) is 4.12. The van der Waals surface area contributed by atoms with E-state index >= 15 is 0 Å². The molecule has 106 valence electrons. The number of hydrogen-bond acceptors (Lipinski definition) is 1. The Balaban J connectivity index is 1.85. The monoisotopic (exact) mass is 277 g/mol. The lowest BCUT2D eigenvalue weighted by Crippen LogP contribution is -2.52. The molecule has 0 radical (unpaired) electrons. The van der Waals surface area contributed by atoms with Crippen LogP contribution >= 0.6 is 0 Å². The molecule has 2 nitrogen and oxygen atoms in total. The van der Waals surface area contributed by atoms with E-state index in [4.69, 9.17) is 0 Å². The molecule has 1 amide bonds. The third kappa shape index (κ3) is 2.62. The van der Waals surface area contributed by atoms with Gasteiger partial charge in [0.25, 0.3) is 0 Å². The average Bonchev–Trinajstić information content (AvgIpc) is 2.48. The lowest BCUT2D eigenvalue weighted by molar-refractivity contribution is -0.123. The maximum absolute atomic E-state index is 12.0. The molecule has 0 aromatic heterocycles. The van der Waals surface area contributed by atoms with E-state index < -0.39 is 0 Å². The van der Waals surface area contributed by atoms with Crippen LogP contribution in [-0.4, -0.2) is 11.9 Å². The highest BCUT2D eigenvalue weighted by Crippen LogP contribution is 2.34. The second-order valence-corrected chi connectivity index (χ2v) is 5.55. The van der Waals surface area contributed by atoms with E-state index in [-0.39, 0.29) is 11.9 Å². The number of β-lactam (4-membered cyclic amide) rings is 1. The summed E-state index contributed by atoms with van der Waals surface area (Å²) < 4.78 is 0. The number of carbonyl (C=O) groups is 1. The van der Waals surface area contributed by atoms with Crippen molar-refractivity contribution in [2.75, 3.05) is 4.90 Å². The van der Waals surface area contributed by atoms with Gasteiger partial charge in [-0.1, -0.05) is 60.7 Å². The van der Waals surface area contributed by atoms with Gasteiger partial charge in [0.15, 0.2) is 0 Å². The van der Waals surface area contributed by atoms with E-state index in [1.165, 1.54) is 5.56 Å². The molecule has 1 fully saturated rings. The minimum Gasteiger partial charge on any atom is -0.304 e. The highest BCUT2D eigenvalue weighted by Gasteiger charge is 2.36. The standard InChI is InChI=1S/C19H19NO/c1-14-7-6-8-15(2)19(14)20-17(13-18(20)21)12-11-16-9-4-3-5-10-16/h3-12,17H,13H2,1-2H3/b12-11+. The molecule has 1 aliphatic heterocycles. The first-order valence-corrected chi connectivity index (χ1v) is 7.28. The van der Waals surface area contributed by atoms with Gasteiger partial charge in [0.1, 0.15) is 0 Å². The van der Waals surface area contributed by atoms with Crippen LogP contribution in [0.15, 0.2) is 54.6 Å². The van der Waals surface area contributed by atoms with Crippen molar-refractivity contribution in [1.82, 2.24) is 0 Å².